The molecule has 32 valence electrons. The summed E-state index contributed by atoms with van der Waals surface area (Å²) in [6.07, 6.45) is 0.462. The summed E-state index contributed by atoms with van der Waals surface area (Å²) in [4.78, 5) is 0. The molecule has 0 saturated carbocycles. The fourth-order valence-corrected chi connectivity index (χ4v) is 0.0722. The van der Waals surface area contributed by atoms with Gasteiger partial charge in [-0.05, 0) is 6.32 Å². The number of rotatable bonds is 2. The van der Waals surface area contributed by atoms with Crippen molar-refractivity contribution in [1.82, 2.24) is 5.43 Å². The van der Waals surface area contributed by atoms with Crippen LogP contribution in [0.3, 0.4) is 0 Å². The molecule has 0 unspecified atom stereocenters. The highest BCUT2D eigenvalue weighted by Crippen LogP contribution is 1.80. The Labute approximate surface area is 38.8 Å². The Hall–Kier alpha value is -0.435. The van der Waals surface area contributed by atoms with E-state index in [9.17, 15) is 0 Å². The third-order valence-electron chi connectivity index (χ3n) is 0.496. The standard InChI is InChI=1S/C3H7BN2/c1-3(2-4)6-5/h6H,1-2,5H2/p+1. The van der Waals surface area contributed by atoms with Gasteiger partial charge in [0.2, 0.25) is 0 Å². The van der Waals surface area contributed by atoms with E-state index in [1.54, 1.807) is 0 Å². The molecule has 0 aromatic rings. The number of allylic oxidation sites excluding steroid dienone is 1. The summed E-state index contributed by atoms with van der Waals surface area (Å²) in [5.41, 5.74) is 3.30. The maximum absolute atomic E-state index is 5.08. The van der Waals surface area contributed by atoms with Crippen LogP contribution >= 0.6 is 0 Å². The Morgan fingerprint density at radius 2 is 2.50 bits per heavy atom. The topological polar surface area (TPSA) is 39.7 Å². The van der Waals surface area contributed by atoms with E-state index in [4.69, 9.17) is 7.85 Å². The van der Waals surface area contributed by atoms with Crippen molar-refractivity contribution in [3.63, 3.8) is 0 Å². The van der Waals surface area contributed by atoms with E-state index in [-0.39, 0.29) is 0 Å². The zero-order valence-electron chi connectivity index (χ0n) is 3.70. The van der Waals surface area contributed by atoms with Gasteiger partial charge in [0.05, 0.1) is 7.85 Å². The van der Waals surface area contributed by atoms with Gasteiger partial charge in [0, 0.05) is 5.70 Å². The Balaban J connectivity index is 2.99. The lowest BCUT2D eigenvalue weighted by molar-refractivity contribution is -0.431. The monoisotopic (exact) mass is 83.1 g/mol. The Morgan fingerprint density at radius 1 is 2.00 bits per heavy atom. The van der Waals surface area contributed by atoms with Crippen molar-refractivity contribution in [1.29, 1.82) is 0 Å². The molecule has 0 aliphatic heterocycles. The van der Waals surface area contributed by atoms with E-state index >= 15 is 0 Å². The van der Waals surface area contributed by atoms with E-state index in [0.717, 1.165) is 5.70 Å². The van der Waals surface area contributed by atoms with Crippen molar-refractivity contribution >= 4 is 7.85 Å². The van der Waals surface area contributed by atoms with Gasteiger partial charge >= 0.3 is 0 Å². The number of quaternary nitrogens is 1. The van der Waals surface area contributed by atoms with Crippen molar-refractivity contribution in [2.75, 3.05) is 0 Å². The smallest absolute Gasteiger partial charge is 0.0739 e. The number of hydrogen-bond acceptors (Lipinski definition) is 1. The summed E-state index contributed by atoms with van der Waals surface area (Å²) < 4.78 is 0. The maximum Gasteiger partial charge on any atom is 0.0739 e. The quantitative estimate of drug-likeness (QED) is 0.320. The molecule has 0 fully saturated rings. The van der Waals surface area contributed by atoms with Crippen LogP contribution in [0.2, 0.25) is 6.32 Å². The first kappa shape index (κ1) is 5.56. The van der Waals surface area contributed by atoms with Crippen LogP contribution < -0.4 is 11.3 Å². The molecule has 4 N–H and O–H groups in total. The predicted molar refractivity (Wildman–Crippen MR) is 25.7 cm³/mol. The Bertz CT molecular complexity index is 46.8. The molecule has 6 heavy (non-hydrogen) atoms. The number of nitrogens with one attached hydrogen (secondary N) is 1. The minimum Gasteiger partial charge on any atom is -0.258 e. The molecule has 0 amide bonds. The highest BCUT2D eigenvalue weighted by Gasteiger charge is 1.78. The zero-order chi connectivity index (χ0) is 4.99. The van der Waals surface area contributed by atoms with E-state index in [1.807, 2.05) is 0 Å². The fourth-order valence-electron chi connectivity index (χ4n) is 0.0722. The molecule has 0 aromatic heterocycles. The molecule has 0 bridgehead atoms. The van der Waals surface area contributed by atoms with E-state index in [1.165, 1.54) is 0 Å². The van der Waals surface area contributed by atoms with Gasteiger partial charge in [0.25, 0.3) is 0 Å². The first-order valence-electron chi connectivity index (χ1n) is 1.72. The minimum absolute atomic E-state index is 0.462. The lowest BCUT2D eigenvalue weighted by Crippen LogP contribution is -2.63. The van der Waals surface area contributed by atoms with Crippen molar-refractivity contribution < 1.29 is 5.84 Å². The molecule has 0 heterocycles. The van der Waals surface area contributed by atoms with Crippen LogP contribution in [0.1, 0.15) is 0 Å². The normalized spacial score (nSPS) is 7.50. The van der Waals surface area contributed by atoms with Gasteiger partial charge in [0.1, 0.15) is 0 Å². The fraction of sp³-hybridized carbons (Fsp3) is 0.333. The predicted octanol–water partition coefficient (Wildman–Crippen LogP) is -1.17. The summed E-state index contributed by atoms with van der Waals surface area (Å²) in [7, 11) is 5.08. The summed E-state index contributed by atoms with van der Waals surface area (Å²) in [6, 6.07) is 0. The van der Waals surface area contributed by atoms with Crippen molar-refractivity contribution in [3.8, 4) is 0 Å². The SMILES string of the molecule is [B]CC(=C)N[NH3+]. The van der Waals surface area contributed by atoms with Gasteiger partial charge in [-0.2, -0.15) is 0 Å². The second-order valence-corrected chi connectivity index (χ2v) is 0.984. The van der Waals surface area contributed by atoms with Crippen LogP contribution in [0.5, 0.6) is 0 Å². The highest BCUT2D eigenvalue weighted by atomic mass is 15.2. The minimum atomic E-state index is 0.462. The lowest BCUT2D eigenvalue weighted by Gasteiger charge is -1.91. The average Bonchev–Trinajstić information content (AvgIpc) is 1.65. The van der Waals surface area contributed by atoms with E-state index in [0.29, 0.717) is 6.32 Å². The molecular formula is C3H8BN2+. The van der Waals surface area contributed by atoms with Crippen LogP contribution in [0.25, 0.3) is 0 Å². The molecule has 0 spiro atoms. The molecular weight excluding hydrogens is 74.9 g/mol. The van der Waals surface area contributed by atoms with Crippen LogP contribution in [0.4, 0.5) is 0 Å². The largest absolute Gasteiger partial charge is 0.258 e. The molecule has 2 nitrogen and oxygen atoms in total. The van der Waals surface area contributed by atoms with E-state index < -0.39 is 0 Å². The molecule has 0 atom stereocenters. The molecule has 0 rings (SSSR count). The Morgan fingerprint density at radius 3 is 2.50 bits per heavy atom. The summed E-state index contributed by atoms with van der Waals surface area (Å²) >= 11 is 0. The lowest BCUT2D eigenvalue weighted by atomic mass is 10.0. The second kappa shape index (κ2) is 2.78. The molecule has 0 aliphatic carbocycles. The maximum atomic E-state index is 5.08. The average molecular weight is 82.9 g/mol. The van der Waals surface area contributed by atoms with E-state index in [2.05, 4.69) is 17.8 Å². The van der Waals surface area contributed by atoms with Crippen LogP contribution in [-0.2, 0) is 0 Å². The van der Waals surface area contributed by atoms with Crippen LogP contribution in [-0.4, -0.2) is 7.85 Å². The summed E-state index contributed by atoms with van der Waals surface area (Å²) in [5.74, 6) is 3.33. The molecule has 3 heteroatoms. The second-order valence-electron chi connectivity index (χ2n) is 0.984. The van der Waals surface area contributed by atoms with Gasteiger partial charge < -0.3 is 0 Å². The van der Waals surface area contributed by atoms with Crippen molar-refractivity contribution in [2.24, 2.45) is 0 Å². The van der Waals surface area contributed by atoms with Gasteiger partial charge in [-0.15, -0.1) is 0 Å². The Kier molecular flexibility index (Phi) is 2.58. The highest BCUT2D eigenvalue weighted by molar-refractivity contribution is 6.10. The zero-order valence-corrected chi connectivity index (χ0v) is 3.70. The number of hydrogen-bond donors (Lipinski definition) is 2. The molecule has 0 aromatic carbocycles. The third-order valence-corrected chi connectivity index (χ3v) is 0.496. The molecule has 2 radical (unpaired) electrons. The molecule has 0 saturated heterocycles. The molecule has 0 aliphatic rings. The van der Waals surface area contributed by atoms with Gasteiger partial charge in [0.15, 0.2) is 0 Å². The van der Waals surface area contributed by atoms with Gasteiger partial charge in [-0.3, -0.25) is 5.84 Å². The third kappa shape index (κ3) is 1.85. The van der Waals surface area contributed by atoms with Crippen molar-refractivity contribution in [2.45, 2.75) is 6.32 Å². The van der Waals surface area contributed by atoms with Gasteiger partial charge in [-0.1, -0.05) is 6.58 Å². The van der Waals surface area contributed by atoms with Gasteiger partial charge in [-0.25, -0.2) is 5.43 Å². The van der Waals surface area contributed by atoms with Crippen LogP contribution in [0.15, 0.2) is 12.3 Å². The summed E-state index contributed by atoms with van der Waals surface area (Å²) in [5, 5.41) is 0. The van der Waals surface area contributed by atoms with Crippen LogP contribution in [0, 0.1) is 0 Å². The van der Waals surface area contributed by atoms with Crippen molar-refractivity contribution in [3.05, 3.63) is 12.3 Å². The summed E-state index contributed by atoms with van der Waals surface area (Å²) in [6.45, 7) is 3.49. The first-order valence-corrected chi connectivity index (χ1v) is 1.72. The first-order chi connectivity index (χ1) is 2.81.